The molecule has 0 aliphatic carbocycles. The van der Waals surface area contributed by atoms with Gasteiger partial charge >= 0.3 is 0 Å². The van der Waals surface area contributed by atoms with Crippen molar-refractivity contribution in [3.05, 3.63) is 35.9 Å². The van der Waals surface area contributed by atoms with E-state index in [1.165, 1.54) is 5.56 Å². The maximum Gasteiger partial charge on any atom is 0.119 e. The van der Waals surface area contributed by atoms with Crippen LogP contribution in [0.4, 0.5) is 5.82 Å². The van der Waals surface area contributed by atoms with Crippen molar-refractivity contribution in [2.45, 2.75) is 6.10 Å². The lowest BCUT2D eigenvalue weighted by Crippen LogP contribution is -1.87. The zero-order valence-electron chi connectivity index (χ0n) is 8.10. The van der Waals surface area contributed by atoms with E-state index in [1.807, 2.05) is 24.3 Å². The van der Waals surface area contributed by atoms with Gasteiger partial charge in [0.1, 0.15) is 11.9 Å². The largest absolute Gasteiger partial charge is 0.384 e. The van der Waals surface area contributed by atoms with Gasteiger partial charge in [-0.1, -0.05) is 24.3 Å². The van der Waals surface area contributed by atoms with Crippen LogP contribution in [-0.4, -0.2) is 16.8 Å². The van der Waals surface area contributed by atoms with E-state index in [-0.39, 0.29) is 6.10 Å². The number of nitrogens with zero attached hydrogens (tertiary/aromatic N) is 1. The van der Waals surface area contributed by atoms with Crippen molar-refractivity contribution < 1.29 is 4.74 Å². The summed E-state index contributed by atoms with van der Waals surface area (Å²) in [5, 5.41) is 6.89. The number of ether oxygens (including phenoxy) is 1. The molecule has 3 N–H and O–H groups in total. The molecule has 15 heavy (non-hydrogen) atoms. The second-order valence-electron chi connectivity index (χ2n) is 3.62. The van der Waals surface area contributed by atoms with Crippen LogP contribution in [0.5, 0.6) is 0 Å². The molecule has 0 bridgehead atoms. The van der Waals surface area contributed by atoms with Gasteiger partial charge in [0.25, 0.3) is 0 Å². The first-order valence-corrected chi connectivity index (χ1v) is 4.86. The zero-order chi connectivity index (χ0) is 10.3. The second kappa shape index (κ2) is 3.10. The number of benzene rings is 1. The molecule has 0 radical (unpaired) electrons. The fourth-order valence-corrected chi connectivity index (χ4v) is 1.71. The topological polar surface area (TPSA) is 67.2 Å². The summed E-state index contributed by atoms with van der Waals surface area (Å²) in [6.45, 7) is 0.802. The molecular formula is C11H11N3O. The Balaban J connectivity index is 2.10. The highest BCUT2D eigenvalue weighted by Gasteiger charge is 2.27. The summed E-state index contributed by atoms with van der Waals surface area (Å²) in [5.41, 5.74) is 8.76. The van der Waals surface area contributed by atoms with Crippen molar-refractivity contribution >= 4 is 5.82 Å². The van der Waals surface area contributed by atoms with E-state index in [4.69, 9.17) is 10.5 Å². The average Bonchev–Trinajstić information content (AvgIpc) is 3.02. The van der Waals surface area contributed by atoms with Gasteiger partial charge in [-0.2, -0.15) is 5.10 Å². The number of aromatic nitrogens is 2. The van der Waals surface area contributed by atoms with Gasteiger partial charge in [0.2, 0.25) is 0 Å². The van der Waals surface area contributed by atoms with Crippen LogP contribution in [0.25, 0.3) is 11.3 Å². The molecule has 1 aliphatic heterocycles. The van der Waals surface area contributed by atoms with Gasteiger partial charge in [0, 0.05) is 11.6 Å². The van der Waals surface area contributed by atoms with Gasteiger partial charge in [-0.15, -0.1) is 0 Å². The first-order chi connectivity index (χ1) is 7.34. The Bertz CT molecular complexity index is 488. The van der Waals surface area contributed by atoms with Crippen molar-refractivity contribution in [2.24, 2.45) is 0 Å². The van der Waals surface area contributed by atoms with Crippen LogP contribution in [-0.2, 0) is 4.74 Å². The van der Waals surface area contributed by atoms with E-state index in [9.17, 15) is 0 Å². The van der Waals surface area contributed by atoms with E-state index in [1.54, 1.807) is 0 Å². The predicted molar refractivity (Wildman–Crippen MR) is 57.1 cm³/mol. The number of nitrogens with two attached hydrogens (primary N) is 1. The van der Waals surface area contributed by atoms with Crippen molar-refractivity contribution in [1.29, 1.82) is 0 Å². The molecule has 76 valence electrons. The molecule has 3 rings (SSSR count). The average molecular weight is 201 g/mol. The summed E-state index contributed by atoms with van der Waals surface area (Å²) in [5.74, 6) is 0.580. The number of nitrogens with one attached hydrogen (secondary N) is 1. The first kappa shape index (κ1) is 8.49. The highest BCUT2D eigenvalue weighted by atomic mass is 16.6. The lowest BCUT2D eigenvalue weighted by Gasteiger charge is -2.02. The van der Waals surface area contributed by atoms with Crippen molar-refractivity contribution in [2.75, 3.05) is 12.3 Å². The number of anilines is 1. The van der Waals surface area contributed by atoms with Gasteiger partial charge in [0.15, 0.2) is 0 Å². The van der Waals surface area contributed by atoms with Gasteiger partial charge in [-0.05, 0) is 5.56 Å². The molecule has 4 heteroatoms. The maximum absolute atomic E-state index is 5.61. The highest BCUT2D eigenvalue weighted by Crippen LogP contribution is 2.36. The minimum Gasteiger partial charge on any atom is -0.384 e. The molecule has 1 fully saturated rings. The number of aromatic amines is 1. The van der Waals surface area contributed by atoms with Crippen LogP contribution >= 0.6 is 0 Å². The number of nitrogen functional groups attached to an aromatic ring is 1. The summed E-state index contributed by atoms with van der Waals surface area (Å²) in [4.78, 5) is 0. The van der Waals surface area contributed by atoms with Gasteiger partial charge in [-0.3, -0.25) is 5.10 Å². The Kier molecular flexibility index (Phi) is 1.76. The van der Waals surface area contributed by atoms with Crippen LogP contribution in [0.2, 0.25) is 0 Å². The maximum atomic E-state index is 5.61. The van der Waals surface area contributed by atoms with Crippen LogP contribution in [0.3, 0.4) is 0 Å². The van der Waals surface area contributed by atoms with Crippen LogP contribution in [0.15, 0.2) is 30.3 Å². The molecular weight excluding hydrogens is 190 g/mol. The second-order valence-corrected chi connectivity index (χ2v) is 3.62. The van der Waals surface area contributed by atoms with E-state index >= 15 is 0 Å². The smallest absolute Gasteiger partial charge is 0.119 e. The van der Waals surface area contributed by atoms with Crippen molar-refractivity contribution in [3.63, 3.8) is 0 Å². The number of hydrogen-bond acceptors (Lipinski definition) is 3. The van der Waals surface area contributed by atoms with Gasteiger partial charge in [-0.25, -0.2) is 0 Å². The van der Waals surface area contributed by atoms with Crippen LogP contribution in [0, 0.1) is 0 Å². The zero-order valence-corrected chi connectivity index (χ0v) is 8.10. The highest BCUT2D eigenvalue weighted by molar-refractivity contribution is 5.66. The van der Waals surface area contributed by atoms with E-state index in [0.717, 1.165) is 17.9 Å². The van der Waals surface area contributed by atoms with Crippen molar-refractivity contribution in [3.8, 4) is 11.3 Å². The Labute approximate surface area is 87.1 Å². The molecule has 1 aromatic carbocycles. The molecule has 0 saturated carbocycles. The fourth-order valence-electron chi connectivity index (χ4n) is 1.71. The standard InChI is InChI=1S/C11H11N3O/c12-11-5-9(13-14-11)7-3-1-2-4-8(7)10-6-15-10/h1-5,10H,6H2,(H3,12,13,14). The molecule has 1 unspecified atom stereocenters. The molecule has 1 aliphatic rings. The number of hydrogen-bond donors (Lipinski definition) is 2. The Morgan fingerprint density at radius 3 is 2.87 bits per heavy atom. The van der Waals surface area contributed by atoms with E-state index in [2.05, 4.69) is 16.3 Å². The molecule has 2 heterocycles. The third kappa shape index (κ3) is 1.49. The third-order valence-corrected chi connectivity index (χ3v) is 2.51. The summed E-state index contributed by atoms with van der Waals surface area (Å²) in [6, 6.07) is 9.94. The van der Waals surface area contributed by atoms with Gasteiger partial charge < -0.3 is 10.5 Å². The molecule has 0 amide bonds. The normalized spacial score (nSPS) is 19.1. The first-order valence-electron chi connectivity index (χ1n) is 4.86. The molecule has 4 nitrogen and oxygen atoms in total. The van der Waals surface area contributed by atoms with E-state index < -0.39 is 0 Å². The summed E-state index contributed by atoms with van der Waals surface area (Å²) in [7, 11) is 0. The Hall–Kier alpha value is -1.81. The number of epoxide rings is 1. The van der Waals surface area contributed by atoms with E-state index in [0.29, 0.717) is 5.82 Å². The lowest BCUT2D eigenvalue weighted by molar-refractivity contribution is 0.416. The summed E-state index contributed by atoms with van der Waals surface area (Å²) >= 11 is 0. The fraction of sp³-hybridized carbons (Fsp3) is 0.182. The SMILES string of the molecule is Nc1cc(-c2ccccc2C2CO2)n[nH]1. The summed E-state index contributed by atoms with van der Waals surface area (Å²) < 4.78 is 5.29. The monoisotopic (exact) mass is 201 g/mol. The third-order valence-electron chi connectivity index (χ3n) is 2.51. The predicted octanol–water partition coefficient (Wildman–Crippen LogP) is 1.73. The lowest BCUT2D eigenvalue weighted by atomic mass is 10.0. The Morgan fingerprint density at radius 1 is 1.40 bits per heavy atom. The van der Waals surface area contributed by atoms with Crippen LogP contribution in [0.1, 0.15) is 11.7 Å². The van der Waals surface area contributed by atoms with Crippen molar-refractivity contribution in [1.82, 2.24) is 10.2 Å². The quantitative estimate of drug-likeness (QED) is 0.727. The summed E-state index contributed by atoms with van der Waals surface area (Å²) in [6.07, 6.45) is 0.235. The Morgan fingerprint density at radius 2 is 2.20 bits per heavy atom. The van der Waals surface area contributed by atoms with Crippen LogP contribution < -0.4 is 5.73 Å². The molecule has 1 aromatic heterocycles. The molecule has 2 aromatic rings. The number of rotatable bonds is 2. The molecule has 1 atom stereocenters. The number of H-pyrrole nitrogens is 1. The van der Waals surface area contributed by atoms with Gasteiger partial charge in [0.05, 0.1) is 12.3 Å². The molecule has 0 spiro atoms. The minimum absolute atomic E-state index is 0.235. The molecule has 1 saturated heterocycles. The minimum atomic E-state index is 0.235.